The Labute approximate surface area is 129 Å². The first-order chi connectivity index (χ1) is 10.6. The quantitative estimate of drug-likeness (QED) is 0.480. The Morgan fingerprint density at radius 2 is 1.61 bits per heavy atom. The number of hydrogen-bond acceptors (Lipinski definition) is 7. The summed E-state index contributed by atoms with van der Waals surface area (Å²) in [7, 11) is 3.00. The van der Waals surface area contributed by atoms with Crippen LogP contribution < -0.4 is 5.69 Å². The molecule has 0 fully saturated rings. The van der Waals surface area contributed by atoms with Gasteiger partial charge >= 0.3 is 11.4 Å². The van der Waals surface area contributed by atoms with Crippen LogP contribution in [-0.4, -0.2) is 24.6 Å². The van der Waals surface area contributed by atoms with Crippen molar-refractivity contribution in [1.82, 2.24) is 9.13 Å². The van der Waals surface area contributed by atoms with Crippen molar-refractivity contribution >= 4 is 22.4 Å². The lowest BCUT2D eigenvalue weighted by atomic mass is 10.2. The van der Waals surface area contributed by atoms with Crippen molar-refractivity contribution in [3.8, 4) is 0 Å². The molecular weight excluding hydrogens is 308 g/mol. The molecule has 0 N–H and O–H groups in total. The minimum absolute atomic E-state index is 0.154. The molecule has 0 aliphatic carbocycles. The van der Waals surface area contributed by atoms with Crippen molar-refractivity contribution in [2.75, 3.05) is 0 Å². The van der Waals surface area contributed by atoms with Crippen LogP contribution in [-0.2, 0) is 14.1 Å². The van der Waals surface area contributed by atoms with Crippen LogP contribution in [0.15, 0.2) is 27.2 Å². The third kappa shape index (κ3) is 2.67. The number of nitro groups is 2. The summed E-state index contributed by atoms with van der Waals surface area (Å²) in [5.74, 6) is 0. The molecule has 0 saturated carbocycles. The maximum absolute atomic E-state index is 11.9. The summed E-state index contributed by atoms with van der Waals surface area (Å²) < 4.78 is 2.57. The summed E-state index contributed by atoms with van der Waals surface area (Å²) in [6.07, 6.45) is 0. The van der Waals surface area contributed by atoms with E-state index in [0.717, 1.165) is 0 Å². The van der Waals surface area contributed by atoms with Crippen molar-refractivity contribution in [3.05, 3.63) is 42.8 Å². The van der Waals surface area contributed by atoms with Gasteiger partial charge in [0.1, 0.15) is 0 Å². The fourth-order valence-corrected chi connectivity index (χ4v) is 1.96. The summed E-state index contributed by atoms with van der Waals surface area (Å²) in [6.45, 7) is 2.44. The second-order valence-corrected chi connectivity index (χ2v) is 5.44. The minimum atomic E-state index is -1.72. The summed E-state index contributed by atoms with van der Waals surface area (Å²) in [6, 6.07) is 2.51. The first-order valence-corrected chi connectivity index (χ1v) is 6.47. The van der Waals surface area contributed by atoms with Gasteiger partial charge in [0.2, 0.25) is 0 Å². The third-order valence-electron chi connectivity index (χ3n) is 3.41. The first-order valence-electron chi connectivity index (χ1n) is 6.47. The monoisotopic (exact) mass is 322 g/mol. The minimum Gasteiger partial charge on any atom is -0.295 e. The lowest BCUT2D eigenvalue weighted by Crippen LogP contribution is -2.27. The molecule has 0 aliphatic heterocycles. The van der Waals surface area contributed by atoms with Crippen LogP contribution in [0.4, 0.5) is 11.4 Å². The predicted molar refractivity (Wildman–Crippen MR) is 80.4 cm³/mol. The van der Waals surface area contributed by atoms with Gasteiger partial charge in [-0.05, 0) is 6.07 Å². The number of imidazole rings is 1. The van der Waals surface area contributed by atoms with Crippen LogP contribution in [0.1, 0.15) is 13.8 Å². The van der Waals surface area contributed by atoms with E-state index < -0.39 is 15.5 Å². The molecule has 1 aromatic carbocycles. The SMILES string of the molecule is Cn1c(=O)n(C)c2cc([N+](=O)[O-])c(N=NC(C)(C)[N+](=O)[O-])cc21. The number of aryl methyl sites for hydroxylation is 2. The molecule has 0 unspecified atom stereocenters. The highest BCUT2D eigenvalue weighted by atomic mass is 16.6. The predicted octanol–water partition coefficient (Wildman–Crippen LogP) is 1.88. The smallest absolute Gasteiger partial charge is 0.295 e. The van der Waals surface area contributed by atoms with Gasteiger partial charge in [-0.3, -0.25) is 29.4 Å². The lowest BCUT2D eigenvalue weighted by molar-refractivity contribution is -0.559. The Bertz CT molecular complexity index is 907. The molecule has 23 heavy (non-hydrogen) atoms. The summed E-state index contributed by atoms with van der Waals surface area (Å²) in [5.41, 5.74) is -1.84. The molecule has 0 amide bonds. The van der Waals surface area contributed by atoms with Gasteiger partial charge in [-0.25, -0.2) is 4.79 Å². The highest BCUT2D eigenvalue weighted by molar-refractivity contribution is 5.84. The normalized spacial score (nSPS) is 12.2. The number of azo groups is 1. The van der Waals surface area contributed by atoms with E-state index in [1.165, 1.54) is 49.2 Å². The van der Waals surface area contributed by atoms with Crippen LogP contribution >= 0.6 is 0 Å². The average Bonchev–Trinajstić information content (AvgIpc) is 2.68. The lowest BCUT2D eigenvalue weighted by Gasteiger charge is -2.07. The molecule has 2 aromatic rings. The Hall–Kier alpha value is -3.11. The van der Waals surface area contributed by atoms with Crippen molar-refractivity contribution in [3.63, 3.8) is 0 Å². The van der Waals surface area contributed by atoms with E-state index in [2.05, 4.69) is 10.2 Å². The standard InChI is InChI=1S/C12H14N6O5/c1-12(2,18(22)23)14-13-7-5-9-10(6-8(7)17(20)21)16(4)11(19)15(9)3/h5-6H,1-4H3. The molecule has 1 heterocycles. The number of rotatable bonds is 4. The Balaban J connectivity index is 2.72. The zero-order valence-corrected chi connectivity index (χ0v) is 12.9. The summed E-state index contributed by atoms with van der Waals surface area (Å²) in [4.78, 5) is 32.6. The molecule has 11 nitrogen and oxygen atoms in total. The van der Waals surface area contributed by atoms with Crippen LogP contribution in [0.5, 0.6) is 0 Å². The average molecular weight is 322 g/mol. The van der Waals surface area contributed by atoms with E-state index in [9.17, 15) is 25.0 Å². The molecule has 0 spiro atoms. The maximum Gasteiger partial charge on any atom is 0.328 e. The molecular formula is C12H14N6O5. The van der Waals surface area contributed by atoms with Gasteiger partial charge in [0, 0.05) is 34.0 Å². The van der Waals surface area contributed by atoms with E-state index in [-0.39, 0.29) is 17.1 Å². The number of benzene rings is 1. The number of hydrogen-bond donors (Lipinski definition) is 0. The molecule has 0 bridgehead atoms. The van der Waals surface area contributed by atoms with Crippen molar-refractivity contribution in [1.29, 1.82) is 0 Å². The van der Waals surface area contributed by atoms with Gasteiger partial charge in [0.15, 0.2) is 5.69 Å². The number of fused-ring (bicyclic) bond motifs is 1. The molecule has 122 valence electrons. The van der Waals surface area contributed by atoms with Crippen LogP contribution in [0, 0.1) is 20.2 Å². The van der Waals surface area contributed by atoms with Gasteiger partial charge in [0.05, 0.1) is 20.9 Å². The third-order valence-corrected chi connectivity index (χ3v) is 3.41. The fourth-order valence-electron chi connectivity index (χ4n) is 1.96. The largest absolute Gasteiger partial charge is 0.328 e. The molecule has 11 heteroatoms. The van der Waals surface area contributed by atoms with Crippen LogP contribution in [0.3, 0.4) is 0 Å². The van der Waals surface area contributed by atoms with E-state index >= 15 is 0 Å². The zero-order chi connectivity index (χ0) is 17.5. The second kappa shape index (κ2) is 5.26. The Morgan fingerprint density at radius 1 is 1.09 bits per heavy atom. The second-order valence-electron chi connectivity index (χ2n) is 5.44. The topological polar surface area (TPSA) is 138 Å². The zero-order valence-electron chi connectivity index (χ0n) is 12.9. The van der Waals surface area contributed by atoms with Crippen molar-refractivity contribution in [2.24, 2.45) is 24.3 Å². The summed E-state index contributed by atoms with van der Waals surface area (Å²) >= 11 is 0. The van der Waals surface area contributed by atoms with Gasteiger partial charge < -0.3 is 0 Å². The molecule has 1 aromatic heterocycles. The summed E-state index contributed by atoms with van der Waals surface area (Å²) in [5, 5.41) is 29.3. The Morgan fingerprint density at radius 3 is 2.09 bits per heavy atom. The van der Waals surface area contributed by atoms with Crippen molar-refractivity contribution in [2.45, 2.75) is 19.5 Å². The number of nitrogens with zero attached hydrogens (tertiary/aromatic N) is 6. The van der Waals surface area contributed by atoms with Gasteiger partial charge in [-0.2, -0.15) is 0 Å². The molecule has 0 atom stereocenters. The fraction of sp³-hybridized carbons (Fsp3) is 0.417. The first kappa shape index (κ1) is 16.3. The number of nitro benzene ring substituents is 1. The molecule has 0 saturated heterocycles. The van der Waals surface area contributed by atoms with Gasteiger partial charge in [0.25, 0.3) is 5.69 Å². The van der Waals surface area contributed by atoms with E-state index in [1.54, 1.807) is 0 Å². The van der Waals surface area contributed by atoms with E-state index in [4.69, 9.17) is 0 Å². The van der Waals surface area contributed by atoms with Crippen LogP contribution in [0.2, 0.25) is 0 Å². The Kier molecular flexibility index (Phi) is 3.72. The molecule has 0 radical (unpaired) electrons. The highest BCUT2D eigenvalue weighted by Crippen LogP contribution is 2.33. The van der Waals surface area contributed by atoms with Crippen molar-refractivity contribution < 1.29 is 9.85 Å². The maximum atomic E-state index is 11.9. The van der Waals surface area contributed by atoms with Gasteiger partial charge in [-0.15, -0.1) is 10.2 Å². The van der Waals surface area contributed by atoms with Crippen LogP contribution in [0.25, 0.3) is 11.0 Å². The van der Waals surface area contributed by atoms with E-state index in [1.807, 2.05) is 0 Å². The molecule has 0 aliphatic rings. The molecule has 2 rings (SSSR count). The van der Waals surface area contributed by atoms with E-state index in [0.29, 0.717) is 11.0 Å². The number of aromatic nitrogens is 2. The highest BCUT2D eigenvalue weighted by Gasteiger charge is 2.30. The van der Waals surface area contributed by atoms with Gasteiger partial charge in [-0.1, -0.05) is 0 Å².